The Bertz CT molecular complexity index is 1360. The van der Waals surface area contributed by atoms with Gasteiger partial charge in [-0.15, -0.1) is 0 Å². The molecule has 37 heavy (non-hydrogen) atoms. The number of benzene rings is 3. The van der Waals surface area contributed by atoms with E-state index in [0.29, 0.717) is 29.7 Å². The Kier molecular flexibility index (Phi) is 6.82. The maximum Gasteiger partial charge on any atom is 0.316 e. The average molecular weight is 496 g/mol. The summed E-state index contributed by atoms with van der Waals surface area (Å²) in [6.07, 6.45) is 0.968. The molecule has 0 bridgehead atoms. The third-order valence-corrected chi connectivity index (χ3v) is 7.15. The van der Waals surface area contributed by atoms with Crippen molar-refractivity contribution in [2.24, 2.45) is 5.92 Å². The van der Waals surface area contributed by atoms with Crippen LogP contribution in [-0.2, 0) is 20.9 Å². The Morgan fingerprint density at radius 2 is 1.70 bits per heavy atom. The zero-order valence-electron chi connectivity index (χ0n) is 20.6. The molecule has 6 heteroatoms. The lowest BCUT2D eigenvalue weighted by molar-refractivity contribution is -0.149. The highest BCUT2D eigenvalue weighted by Gasteiger charge is 2.45. The van der Waals surface area contributed by atoms with Crippen LogP contribution in [0.1, 0.15) is 41.4 Å². The highest BCUT2D eigenvalue weighted by Crippen LogP contribution is 2.48. The molecule has 3 atom stereocenters. The van der Waals surface area contributed by atoms with Crippen LogP contribution in [0.3, 0.4) is 0 Å². The van der Waals surface area contributed by atoms with Gasteiger partial charge in [-0.1, -0.05) is 73.3 Å². The van der Waals surface area contributed by atoms with Crippen molar-refractivity contribution < 1.29 is 24.2 Å². The number of carbonyl (C=O) groups excluding carboxylic acids is 2. The molecule has 5 rings (SSSR count). The normalized spacial score (nSPS) is 21.2. The Hall–Kier alpha value is -4.32. The Labute approximate surface area is 216 Å². The van der Waals surface area contributed by atoms with Gasteiger partial charge in [0.1, 0.15) is 12.5 Å². The quantitative estimate of drug-likeness (QED) is 0.448. The summed E-state index contributed by atoms with van der Waals surface area (Å²) in [5, 5.41) is 13.5. The lowest BCUT2D eigenvalue weighted by Gasteiger charge is -2.40. The summed E-state index contributed by atoms with van der Waals surface area (Å²) < 4.78 is 11.1. The number of rotatable bonds is 6. The van der Waals surface area contributed by atoms with Gasteiger partial charge in [0.15, 0.2) is 17.3 Å². The van der Waals surface area contributed by atoms with E-state index in [9.17, 15) is 14.7 Å². The van der Waals surface area contributed by atoms with Crippen molar-refractivity contribution in [1.82, 2.24) is 5.32 Å². The van der Waals surface area contributed by atoms with Crippen molar-refractivity contribution in [2.75, 3.05) is 7.11 Å². The number of esters is 1. The van der Waals surface area contributed by atoms with Gasteiger partial charge < -0.3 is 19.9 Å². The van der Waals surface area contributed by atoms with Crippen molar-refractivity contribution in [3.05, 3.63) is 119 Å². The zero-order chi connectivity index (χ0) is 25.9. The van der Waals surface area contributed by atoms with Gasteiger partial charge >= 0.3 is 5.97 Å². The summed E-state index contributed by atoms with van der Waals surface area (Å²) in [7, 11) is 1.46. The topological polar surface area (TPSA) is 84.9 Å². The largest absolute Gasteiger partial charge is 0.504 e. The van der Waals surface area contributed by atoms with E-state index in [1.54, 1.807) is 12.1 Å². The van der Waals surface area contributed by atoms with Gasteiger partial charge in [0.2, 0.25) is 0 Å². The summed E-state index contributed by atoms with van der Waals surface area (Å²) >= 11 is 0. The van der Waals surface area contributed by atoms with Gasteiger partial charge in [-0.3, -0.25) is 9.59 Å². The first-order valence-corrected chi connectivity index (χ1v) is 12.3. The maximum absolute atomic E-state index is 13.7. The van der Waals surface area contributed by atoms with Crippen molar-refractivity contribution >= 4 is 11.8 Å². The molecule has 2 aliphatic rings. The minimum Gasteiger partial charge on any atom is -0.504 e. The highest BCUT2D eigenvalue weighted by molar-refractivity contribution is 6.01. The number of phenols is 1. The van der Waals surface area contributed by atoms with Crippen LogP contribution >= 0.6 is 0 Å². The van der Waals surface area contributed by atoms with Gasteiger partial charge in [0.25, 0.3) is 0 Å². The van der Waals surface area contributed by atoms with Gasteiger partial charge in [-0.05, 0) is 41.2 Å². The molecule has 0 aromatic heterocycles. The van der Waals surface area contributed by atoms with E-state index in [2.05, 4.69) is 11.9 Å². The second-order valence-corrected chi connectivity index (χ2v) is 9.46. The second kappa shape index (κ2) is 10.3. The monoisotopic (exact) mass is 495 g/mol. The molecule has 3 aromatic carbocycles. The lowest BCUT2D eigenvalue weighted by atomic mass is 9.69. The number of ketones is 1. The van der Waals surface area contributed by atoms with Crippen LogP contribution in [0, 0.1) is 5.92 Å². The number of carbonyl (C=O) groups is 2. The first kappa shape index (κ1) is 24.4. The number of hydrogen-bond acceptors (Lipinski definition) is 6. The molecule has 0 saturated heterocycles. The first-order valence-electron chi connectivity index (χ1n) is 12.3. The van der Waals surface area contributed by atoms with E-state index in [1.165, 1.54) is 13.2 Å². The molecule has 1 heterocycles. The van der Waals surface area contributed by atoms with Crippen LogP contribution < -0.4 is 10.1 Å². The van der Waals surface area contributed by atoms with Crippen LogP contribution in [0.5, 0.6) is 11.5 Å². The Morgan fingerprint density at radius 3 is 2.41 bits per heavy atom. The fraction of sp³-hybridized carbons (Fsp3) is 0.226. The van der Waals surface area contributed by atoms with E-state index in [4.69, 9.17) is 9.47 Å². The predicted octanol–water partition coefficient (Wildman–Crippen LogP) is 5.36. The van der Waals surface area contributed by atoms with Crippen LogP contribution in [0.15, 0.2) is 102 Å². The molecule has 0 saturated carbocycles. The van der Waals surface area contributed by atoms with Crippen molar-refractivity contribution in [3.8, 4) is 11.5 Å². The van der Waals surface area contributed by atoms with Crippen LogP contribution in [0.4, 0.5) is 0 Å². The molecule has 0 amide bonds. The van der Waals surface area contributed by atoms with E-state index >= 15 is 0 Å². The Balaban J connectivity index is 1.54. The van der Waals surface area contributed by atoms with Crippen molar-refractivity contribution in [3.63, 3.8) is 0 Å². The molecule has 2 N–H and O–H groups in total. The number of ether oxygens (including phenoxy) is 2. The zero-order valence-corrected chi connectivity index (χ0v) is 20.6. The standard InChI is InChI=1S/C31H29NO5/c1-19-28(31(35)37-18-20-9-5-3-6-10-20)29(22-13-14-25(33)27(17-22)36-2)30-24(32-19)15-23(16-26(30)34)21-11-7-4-8-12-21/h3-14,17,23,28-29,32-33H,1,15-16,18H2,2H3. The number of aromatic hydroxyl groups is 1. The molecule has 0 radical (unpaired) electrons. The van der Waals surface area contributed by atoms with E-state index in [-0.39, 0.29) is 29.8 Å². The number of hydrogen-bond donors (Lipinski definition) is 2. The summed E-state index contributed by atoms with van der Waals surface area (Å²) in [5.41, 5.74) is 4.47. The number of phenolic OH excluding ortho intramolecular Hbond substituents is 1. The third kappa shape index (κ3) is 4.87. The van der Waals surface area contributed by atoms with Gasteiger partial charge in [-0.2, -0.15) is 0 Å². The van der Waals surface area contributed by atoms with Crippen molar-refractivity contribution in [1.29, 1.82) is 0 Å². The van der Waals surface area contributed by atoms with Gasteiger partial charge in [0.05, 0.1) is 7.11 Å². The summed E-state index contributed by atoms with van der Waals surface area (Å²) in [6.45, 7) is 4.30. The molecule has 1 aliphatic heterocycles. The molecule has 188 valence electrons. The summed E-state index contributed by atoms with van der Waals surface area (Å²) in [5.74, 6) is -1.65. The first-order chi connectivity index (χ1) is 18.0. The van der Waals surface area contributed by atoms with Crippen LogP contribution in [0.25, 0.3) is 0 Å². The molecular weight excluding hydrogens is 466 g/mol. The van der Waals surface area contributed by atoms with E-state index in [0.717, 1.165) is 16.8 Å². The fourth-order valence-corrected chi connectivity index (χ4v) is 5.35. The van der Waals surface area contributed by atoms with Gasteiger partial charge in [-0.25, -0.2) is 0 Å². The average Bonchev–Trinajstić information content (AvgIpc) is 2.92. The molecule has 3 unspecified atom stereocenters. The number of allylic oxidation sites excluding steroid dienone is 2. The second-order valence-electron chi connectivity index (χ2n) is 9.46. The lowest BCUT2D eigenvalue weighted by Crippen LogP contribution is -2.42. The van der Waals surface area contributed by atoms with Crippen LogP contribution in [0.2, 0.25) is 0 Å². The number of methoxy groups -OCH3 is 1. The maximum atomic E-state index is 13.7. The highest BCUT2D eigenvalue weighted by atomic mass is 16.5. The molecule has 6 nitrogen and oxygen atoms in total. The molecule has 3 aromatic rings. The van der Waals surface area contributed by atoms with Gasteiger partial charge in [0, 0.05) is 29.3 Å². The molecular formula is C31H29NO5. The SMILES string of the molecule is C=C1NC2=C(C(=O)CC(c3ccccc3)C2)C(c2ccc(O)c(OC)c2)C1C(=O)OCc1ccccc1. The Morgan fingerprint density at radius 1 is 1.00 bits per heavy atom. The summed E-state index contributed by atoms with van der Waals surface area (Å²) in [6, 6.07) is 24.3. The molecule has 1 aliphatic carbocycles. The van der Waals surface area contributed by atoms with Crippen molar-refractivity contribution in [2.45, 2.75) is 31.3 Å². The number of Topliss-reactive ketones (excluding diaryl/α,β-unsaturated/α-hetero) is 1. The smallest absolute Gasteiger partial charge is 0.316 e. The van der Waals surface area contributed by atoms with Crippen LogP contribution in [-0.4, -0.2) is 24.0 Å². The predicted molar refractivity (Wildman–Crippen MR) is 140 cm³/mol. The minimum atomic E-state index is -0.825. The van der Waals surface area contributed by atoms with E-state index < -0.39 is 17.8 Å². The summed E-state index contributed by atoms with van der Waals surface area (Å²) in [4.78, 5) is 27.2. The minimum absolute atomic E-state index is 0.0180. The fourth-order valence-electron chi connectivity index (χ4n) is 5.35. The third-order valence-electron chi connectivity index (χ3n) is 7.15. The van der Waals surface area contributed by atoms with E-state index in [1.807, 2.05) is 60.7 Å². The molecule has 0 spiro atoms. The number of nitrogens with one attached hydrogen (secondary N) is 1. The molecule has 0 fully saturated rings.